The fourth-order valence-corrected chi connectivity index (χ4v) is 3.29. The number of rotatable bonds is 12. The maximum Gasteiger partial charge on any atom is 0.311 e. The third-order valence-corrected chi connectivity index (χ3v) is 5.15. The normalized spacial score (nSPS) is 10.6. The van der Waals surface area contributed by atoms with Gasteiger partial charge in [-0.1, -0.05) is 23.2 Å². The molecule has 3 rings (SSSR count). The topological polar surface area (TPSA) is 95.5 Å². The van der Waals surface area contributed by atoms with Gasteiger partial charge >= 0.3 is 5.97 Å². The summed E-state index contributed by atoms with van der Waals surface area (Å²) >= 11 is 11.9. The molecule has 0 heterocycles. The van der Waals surface area contributed by atoms with Gasteiger partial charge in [-0.25, -0.2) is 5.43 Å². The molecular formula is C26H24Cl2N2O6. The molecule has 0 radical (unpaired) electrons. The van der Waals surface area contributed by atoms with E-state index < -0.39 is 5.91 Å². The highest BCUT2D eigenvalue weighted by atomic mass is 35.5. The first-order chi connectivity index (χ1) is 17.4. The minimum atomic E-state index is -0.407. The lowest BCUT2D eigenvalue weighted by molar-refractivity contribution is -0.134. The van der Waals surface area contributed by atoms with Gasteiger partial charge in [0, 0.05) is 11.4 Å². The van der Waals surface area contributed by atoms with E-state index >= 15 is 0 Å². The van der Waals surface area contributed by atoms with Crippen molar-refractivity contribution in [3.63, 3.8) is 0 Å². The molecule has 0 unspecified atom stereocenters. The largest absolute Gasteiger partial charge is 0.497 e. The minimum Gasteiger partial charge on any atom is -0.497 e. The van der Waals surface area contributed by atoms with Crippen LogP contribution in [0.4, 0.5) is 0 Å². The predicted octanol–water partition coefficient (Wildman–Crippen LogP) is 5.30. The average Bonchev–Trinajstić information content (AvgIpc) is 2.88. The number of halogens is 2. The molecule has 0 spiro atoms. The SMILES string of the molecule is COc1ccc(OCC(=O)NN=Cc2ccc(OC(=O)CCCOc3ccc(Cl)cc3Cl)cc2)cc1. The zero-order chi connectivity index (χ0) is 25.8. The summed E-state index contributed by atoms with van der Waals surface area (Å²) in [6.45, 7) is 0.124. The average molecular weight is 531 g/mol. The number of hydrazone groups is 1. The number of esters is 1. The van der Waals surface area contributed by atoms with Crippen LogP contribution >= 0.6 is 23.2 Å². The van der Waals surface area contributed by atoms with Crippen LogP contribution in [0.15, 0.2) is 71.8 Å². The molecule has 1 N–H and O–H groups in total. The summed E-state index contributed by atoms with van der Waals surface area (Å²) < 4.78 is 21.3. The monoisotopic (exact) mass is 530 g/mol. The van der Waals surface area contributed by atoms with Gasteiger partial charge in [0.25, 0.3) is 5.91 Å². The Bertz CT molecular complexity index is 1180. The van der Waals surface area contributed by atoms with Crippen LogP contribution < -0.4 is 24.4 Å². The molecule has 0 saturated heterocycles. The van der Waals surface area contributed by atoms with Crippen molar-refractivity contribution in [2.45, 2.75) is 12.8 Å². The van der Waals surface area contributed by atoms with Crippen LogP contribution in [0.25, 0.3) is 0 Å². The second-order valence-corrected chi connectivity index (χ2v) is 8.17. The number of hydrogen-bond acceptors (Lipinski definition) is 7. The first-order valence-electron chi connectivity index (χ1n) is 10.9. The van der Waals surface area contributed by atoms with Gasteiger partial charge in [0.2, 0.25) is 0 Å². The Morgan fingerprint density at radius 1 is 0.917 bits per heavy atom. The summed E-state index contributed by atoms with van der Waals surface area (Å²) in [7, 11) is 1.57. The van der Waals surface area contributed by atoms with E-state index in [2.05, 4.69) is 10.5 Å². The van der Waals surface area contributed by atoms with Gasteiger partial charge in [-0.05, 0) is 78.7 Å². The smallest absolute Gasteiger partial charge is 0.311 e. The van der Waals surface area contributed by atoms with E-state index in [1.54, 1.807) is 73.8 Å². The maximum atomic E-state index is 12.1. The van der Waals surface area contributed by atoms with Gasteiger partial charge in [-0.2, -0.15) is 5.10 Å². The summed E-state index contributed by atoms with van der Waals surface area (Å²) in [5.74, 6) is 1.35. The summed E-state index contributed by atoms with van der Waals surface area (Å²) in [6.07, 6.45) is 2.11. The van der Waals surface area contributed by atoms with Crippen molar-refractivity contribution in [2.75, 3.05) is 20.3 Å². The molecular weight excluding hydrogens is 507 g/mol. The lowest BCUT2D eigenvalue weighted by Crippen LogP contribution is -2.24. The zero-order valence-electron chi connectivity index (χ0n) is 19.4. The maximum absolute atomic E-state index is 12.1. The second-order valence-electron chi connectivity index (χ2n) is 7.33. The number of carbonyl (C=O) groups excluding carboxylic acids is 2. The molecule has 0 atom stereocenters. The third kappa shape index (κ3) is 9.13. The second kappa shape index (κ2) is 14.0. The van der Waals surface area contributed by atoms with Crippen molar-refractivity contribution >= 4 is 41.3 Å². The van der Waals surface area contributed by atoms with Crippen molar-refractivity contribution in [3.8, 4) is 23.0 Å². The van der Waals surface area contributed by atoms with Crippen molar-refractivity contribution in [2.24, 2.45) is 5.10 Å². The molecule has 0 bridgehead atoms. The number of nitrogens with one attached hydrogen (secondary N) is 1. The van der Waals surface area contributed by atoms with Gasteiger partial charge in [-0.3, -0.25) is 9.59 Å². The molecule has 1 amide bonds. The van der Waals surface area contributed by atoms with Gasteiger partial charge < -0.3 is 18.9 Å². The Balaban J connectivity index is 1.33. The lowest BCUT2D eigenvalue weighted by Gasteiger charge is -2.08. The molecule has 3 aromatic carbocycles. The van der Waals surface area contributed by atoms with Crippen molar-refractivity contribution in [3.05, 3.63) is 82.3 Å². The fraction of sp³-hybridized carbons (Fsp3) is 0.192. The Labute approximate surface area is 218 Å². The molecule has 36 heavy (non-hydrogen) atoms. The highest BCUT2D eigenvalue weighted by Gasteiger charge is 2.07. The first kappa shape index (κ1) is 26.8. The van der Waals surface area contributed by atoms with E-state index in [1.165, 1.54) is 6.21 Å². The number of amides is 1. The van der Waals surface area contributed by atoms with Crippen LogP contribution in [-0.2, 0) is 9.59 Å². The van der Waals surface area contributed by atoms with Gasteiger partial charge in [0.15, 0.2) is 6.61 Å². The highest BCUT2D eigenvalue weighted by molar-refractivity contribution is 6.35. The van der Waals surface area contributed by atoms with E-state index in [9.17, 15) is 9.59 Å². The molecule has 0 aliphatic rings. The molecule has 0 aliphatic carbocycles. The van der Waals surface area contributed by atoms with Crippen LogP contribution in [-0.4, -0.2) is 38.4 Å². The first-order valence-corrected chi connectivity index (χ1v) is 11.7. The number of hydrogen-bond donors (Lipinski definition) is 1. The van der Waals surface area contributed by atoms with Crippen molar-refractivity contribution < 1.29 is 28.5 Å². The molecule has 0 fully saturated rings. The number of ether oxygens (including phenoxy) is 4. The van der Waals surface area contributed by atoms with Crippen LogP contribution in [0, 0.1) is 0 Å². The number of nitrogens with zero attached hydrogens (tertiary/aromatic N) is 1. The Hall–Kier alpha value is -3.75. The number of methoxy groups -OCH3 is 1. The third-order valence-electron chi connectivity index (χ3n) is 4.62. The van der Waals surface area contributed by atoms with E-state index in [4.69, 9.17) is 42.1 Å². The summed E-state index contributed by atoms with van der Waals surface area (Å²) in [6, 6.07) is 18.5. The minimum absolute atomic E-state index is 0.180. The molecule has 0 aliphatic heterocycles. The summed E-state index contributed by atoms with van der Waals surface area (Å²) in [4.78, 5) is 23.9. The van der Waals surface area contributed by atoms with E-state index in [1.807, 2.05) is 0 Å². The Morgan fingerprint density at radius 3 is 2.31 bits per heavy atom. The van der Waals surface area contributed by atoms with Crippen molar-refractivity contribution in [1.29, 1.82) is 0 Å². The molecule has 8 nitrogen and oxygen atoms in total. The molecule has 3 aromatic rings. The standard InChI is InChI=1S/C26H24Cl2N2O6/c1-33-20-9-11-21(12-10-20)35-17-25(31)30-29-16-18-4-7-22(8-5-18)36-26(32)3-2-14-34-24-13-6-19(27)15-23(24)28/h4-13,15-16H,2-3,14,17H2,1H3,(H,30,31). The Kier molecular flexibility index (Phi) is 10.4. The van der Waals surface area contributed by atoms with Crippen LogP contribution in [0.3, 0.4) is 0 Å². The molecule has 0 saturated carbocycles. The van der Waals surface area contributed by atoms with Gasteiger partial charge in [0.1, 0.15) is 23.0 Å². The zero-order valence-corrected chi connectivity index (χ0v) is 20.9. The van der Waals surface area contributed by atoms with Crippen LogP contribution in [0.5, 0.6) is 23.0 Å². The van der Waals surface area contributed by atoms with Crippen molar-refractivity contribution in [1.82, 2.24) is 5.43 Å². The predicted molar refractivity (Wildman–Crippen MR) is 137 cm³/mol. The quantitative estimate of drug-likeness (QED) is 0.112. The fourth-order valence-electron chi connectivity index (χ4n) is 2.83. The lowest BCUT2D eigenvalue weighted by atomic mass is 10.2. The molecule has 188 valence electrons. The Morgan fingerprint density at radius 2 is 1.61 bits per heavy atom. The summed E-state index contributed by atoms with van der Waals surface area (Å²) in [5.41, 5.74) is 3.09. The van der Waals surface area contributed by atoms with Gasteiger partial charge in [-0.15, -0.1) is 0 Å². The van der Waals surface area contributed by atoms with Crippen LogP contribution in [0.2, 0.25) is 10.0 Å². The van der Waals surface area contributed by atoms with E-state index in [0.717, 1.165) is 0 Å². The number of benzene rings is 3. The van der Waals surface area contributed by atoms with Gasteiger partial charge in [0.05, 0.1) is 25.0 Å². The number of carbonyl (C=O) groups is 2. The van der Waals surface area contributed by atoms with E-state index in [-0.39, 0.29) is 19.0 Å². The van der Waals surface area contributed by atoms with E-state index in [0.29, 0.717) is 51.6 Å². The van der Waals surface area contributed by atoms with Crippen LogP contribution in [0.1, 0.15) is 18.4 Å². The molecule has 10 heteroatoms. The molecule has 0 aromatic heterocycles. The highest BCUT2D eigenvalue weighted by Crippen LogP contribution is 2.27. The summed E-state index contributed by atoms with van der Waals surface area (Å²) in [5, 5.41) is 4.83.